The van der Waals surface area contributed by atoms with Crippen molar-refractivity contribution in [2.75, 3.05) is 66.5 Å². The number of sulfonamides is 1. The average Bonchev–Trinajstić information content (AvgIpc) is 2.78. The summed E-state index contributed by atoms with van der Waals surface area (Å²) in [6.07, 6.45) is 2.32. The first kappa shape index (κ1) is 23.0. The standard InChI is InChI=1S/C21H34N4O4S/c1-23-13-15-24(16-14-23)11-4-10-22-21(26)18-5-3-12-25(17-18)30(27,28)20-8-6-19(29-2)7-9-20/h6-9,18H,3-5,10-17H2,1-2H3,(H,22,26). The lowest BCUT2D eigenvalue weighted by Gasteiger charge is -2.32. The van der Waals surface area contributed by atoms with Crippen LogP contribution in [-0.4, -0.2) is 94.9 Å². The minimum Gasteiger partial charge on any atom is -0.497 e. The molecule has 9 heteroatoms. The minimum atomic E-state index is -3.61. The van der Waals surface area contributed by atoms with Crippen LogP contribution in [0.15, 0.2) is 29.2 Å². The Hall–Kier alpha value is -1.68. The highest BCUT2D eigenvalue weighted by Crippen LogP contribution is 2.25. The Balaban J connectivity index is 1.46. The van der Waals surface area contributed by atoms with Gasteiger partial charge in [0.25, 0.3) is 0 Å². The van der Waals surface area contributed by atoms with E-state index in [4.69, 9.17) is 4.74 Å². The second-order valence-electron chi connectivity index (χ2n) is 8.17. The first-order valence-electron chi connectivity index (χ1n) is 10.7. The first-order chi connectivity index (χ1) is 14.4. The van der Waals surface area contributed by atoms with Crippen molar-refractivity contribution in [2.24, 2.45) is 5.92 Å². The number of nitrogens with one attached hydrogen (secondary N) is 1. The van der Waals surface area contributed by atoms with Crippen LogP contribution in [-0.2, 0) is 14.8 Å². The van der Waals surface area contributed by atoms with Gasteiger partial charge in [-0.05, 0) is 57.1 Å². The van der Waals surface area contributed by atoms with E-state index in [2.05, 4.69) is 22.2 Å². The molecule has 8 nitrogen and oxygen atoms in total. The van der Waals surface area contributed by atoms with Gasteiger partial charge in [-0.25, -0.2) is 8.42 Å². The summed E-state index contributed by atoms with van der Waals surface area (Å²) in [5, 5.41) is 3.01. The smallest absolute Gasteiger partial charge is 0.243 e. The molecule has 1 atom stereocenters. The summed E-state index contributed by atoms with van der Waals surface area (Å²) in [5.41, 5.74) is 0. The van der Waals surface area contributed by atoms with Gasteiger partial charge in [-0.3, -0.25) is 4.79 Å². The highest BCUT2D eigenvalue weighted by Gasteiger charge is 2.33. The third-order valence-corrected chi connectivity index (χ3v) is 7.88. The van der Waals surface area contributed by atoms with Crippen molar-refractivity contribution >= 4 is 15.9 Å². The van der Waals surface area contributed by atoms with E-state index in [9.17, 15) is 13.2 Å². The third-order valence-electron chi connectivity index (χ3n) is 6.00. The number of carbonyl (C=O) groups is 1. The molecule has 2 aliphatic heterocycles. The molecule has 30 heavy (non-hydrogen) atoms. The molecule has 0 saturated carbocycles. The molecule has 0 radical (unpaired) electrons. The van der Waals surface area contributed by atoms with E-state index < -0.39 is 10.0 Å². The monoisotopic (exact) mass is 438 g/mol. The third kappa shape index (κ3) is 5.94. The summed E-state index contributed by atoms with van der Waals surface area (Å²) in [6.45, 7) is 6.63. The van der Waals surface area contributed by atoms with Gasteiger partial charge in [-0.1, -0.05) is 0 Å². The zero-order valence-electron chi connectivity index (χ0n) is 18.0. The molecule has 0 bridgehead atoms. The molecule has 1 aromatic rings. The zero-order valence-corrected chi connectivity index (χ0v) is 18.9. The molecule has 1 unspecified atom stereocenters. The van der Waals surface area contributed by atoms with Gasteiger partial charge in [-0.15, -0.1) is 0 Å². The molecule has 2 saturated heterocycles. The van der Waals surface area contributed by atoms with Crippen LogP contribution in [0.2, 0.25) is 0 Å². The van der Waals surface area contributed by atoms with Gasteiger partial charge in [0.05, 0.1) is 17.9 Å². The van der Waals surface area contributed by atoms with E-state index >= 15 is 0 Å². The van der Waals surface area contributed by atoms with E-state index in [-0.39, 0.29) is 23.3 Å². The number of hydrogen-bond donors (Lipinski definition) is 1. The Morgan fingerprint density at radius 1 is 1.13 bits per heavy atom. The quantitative estimate of drug-likeness (QED) is 0.606. The molecule has 1 N–H and O–H groups in total. The molecular formula is C21H34N4O4S. The number of benzene rings is 1. The molecule has 168 valence electrons. The Morgan fingerprint density at radius 2 is 1.83 bits per heavy atom. The van der Waals surface area contributed by atoms with Gasteiger partial charge in [0.1, 0.15) is 5.75 Å². The Morgan fingerprint density at radius 3 is 2.50 bits per heavy atom. The van der Waals surface area contributed by atoms with Crippen LogP contribution >= 0.6 is 0 Å². The van der Waals surface area contributed by atoms with Gasteiger partial charge in [0.15, 0.2) is 0 Å². The zero-order chi connectivity index (χ0) is 21.6. The van der Waals surface area contributed by atoms with Crippen LogP contribution in [0, 0.1) is 5.92 Å². The predicted molar refractivity (Wildman–Crippen MR) is 116 cm³/mol. The number of piperidine rings is 1. The summed E-state index contributed by atoms with van der Waals surface area (Å²) < 4.78 is 32.5. The normalized spacial score (nSPS) is 22.0. The number of likely N-dealkylation sites (N-methyl/N-ethyl adjacent to an activating group) is 1. The number of methoxy groups -OCH3 is 1. The summed E-state index contributed by atoms with van der Waals surface area (Å²) >= 11 is 0. The van der Waals surface area contributed by atoms with E-state index in [1.165, 1.54) is 4.31 Å². The lowest BCUT2D eigenvalue weighted by atomic mass is 9.99. The van der Waals surface area contributed by atoms with E-state index in [1.807, 2.05) is 0 Å². The second kappa shape index (κ2) is 10.6. The van der Waals surface area contributed by atoms with Gasteiger partial charge in [0.2, 0.25) is 15.9 Å². The topological polar surface area (TPSA) is 82.2 Å². The highest BCUT2D eigenvalue weighted by molar-refractivity contribution is 7.89. The van der Waals surface area contributed by atoms with Crippen LogP contribution in [0.25, 0.3) is 0 Å². The van der Waals surface area contributed by atoms with E-state index in [0.29, 0.717) is 25.3 Å². The fourth-order valence-electron chi connectivity index (χ4n) is 4.00. The average molecular weight is 439 g/mol. The summed E-state index contributed by atoms with van der Waals surface area (Å²) in [6, 6.07) is 6.38. The summed E-state index contributed by atoms with van der Waals surface area (Å²) in [4.78, 5) is 17.6. The number of carbonyl (C=O) groups excluding carboxylic acids is 1. The van der Waals surface area contributed by atoms with Gasteiger partial charge in [-0.2, -0.15) is 4.31 Å². The van der Waals surface area contributed by atoms with Crippen LogP contribution in [0.4, 0.5) is 0 Å². The Labute approximate surface area is 180 Å². The van der Waals surface area contributed by atoms with Crippen molar-refractivity contribution in [1.82, 2.24) is 19.4 Å². The molecule has 0 spiro atoms. The van der Waals surface area contributed by atoms with Crippen molar-refractivity contribution in [1.29, 1.82) is 0 Å². The fraction of sp³-hybridized carbons (Fsp3) is 0.667. The van der Waals surface area contributed by atoms with Crippen LogP contribution in [0.1, 0.15) is 19.3 Å². The molecule has 1 aromatic carbocycles. The maximum atomic E-state index is 13.0. The lowest BCUT2D eigenvalue weighted by Crippen LogP contribution is -2.46. The minimum absolute atomic E-state index is 0.0389. The number of hydrogen-bond acceptors (Lipinski definition) is 6. The van der Waals surface area contributed by atoms with Crippen molar-refractivity contribution in [3.63, 3.8) is 0 Å². The molecule has 1 amide bonds. The molecule has 2 heterocycles. The van der Waals surface area contributed by atoms with Crippen molar-refractivity contribution < 1.29 is 17.9 Å². The predicted octanol–water partition coefficient (Wildman–Crippen LogP) is 0.850. The van der Waals surface area contributed by atoms with Crippen LogP contribution < -0.4 is 10.1 Å². The maximum absolute atomic E-state index is 13.0. The number of rotatable bonds is 8. The fourth-order valence-corrected chi connectivity index (χ4v) is 5.53. The number of nitrogens with zero attached hydrogens (tertiary/aromatic N) is 3. The summed E-state index contributed by atoms with van der Waals surface area (Å²) in [5.74, 6) is 0.278. The molecular weight excluding hydrogens is 404 g/mol. The molecule has 0 aromatic heterocycles. The largest absolute Gasteiger partial charge is 0.497 e. The summed E-state index contributed by atoms with van der Waals surface area (Å²) in [7, 11) is 0.0724. The van der Waals surface area contributed by atoms with Crippen molar-refractivity contribution in [3.8, 4) is 5.75 Å². The Kier molecular flexibility index (Phi) is 8.10. The first-order valence-corrected chi connectivity index (χ1v) is 12.2. The molecule has 0 aliphatic carbocycles. The van der Waals surface area contributed by atoms with E-state index in [0.717, 1.165) is 45.6 Å². The highest BCUT2D eigenvalue weighted by atomic mass is 32.2. The lowest BCUT2D eigenvalue weighted by molar-refractivity contribution is -0.126. The van der Waals surface area contributed by atoms with Gasteiger partial charge in [0, 0.05) is 45.8 Å². The Bertz CT molecular complexity index is 792. The molecule has 2 aliphatic rings. The maximum Gasteiger partial charge on any atom is 0.243 e. The molecule has 2 fully saturated rings. The number of piperazine rings is 1. The van der Waals surface area contributed by atoms with Crippen LogP contribution in [0.3, 0.4) is 0 Å². The number of amides is 1. The SMILES string of the molecule is COc1ccc(S(=O)(=O)N2CCCC(C(=O)NCCCN3CCN(C)CC3)C2)cc1. The van der Waals surface area contributed by atoms with Gasteiger partial charge < -0.3 is 19.9 Å². The number of ether oxygens (including phenoxy) is 1. The molecule has 3 rings (SSSR count). The van der Waals surface area contributed by atoms with Crippen molar-refractivity contribution in [3.05, 3.63) is 24.3 Å². The van der Waals surface area contributed by atoms with E-state index in [1.54, 1.807) is 31.4 Å². The second-order valence-corrected chi connectivity index (χ2v) is 10.1. The van der Waals surface area contributed by atoms with Crippen molar-refractivity contribution in [2.45, 2.75) is 24.2 Å². The van der Waals surface area contributed by atoms with Gasteiger partial charge >= 0.3 is 0 Å². The van der Waals surface area contributed by atoms with Crippen LogP contribution in [0.5, 0.6) is 5.75 Å².